The molecule has 0 amide bonds. The standard InChI is InChI=1S/C14H17NOS.ClH/c1-12(16)17-15-9-5-8-14(11-15)10-13-6-3-2-4-7-13;/h2-4,6-7,10H,5,8-9,11H2,1H3;1H. The van der Waals surface area contributed by atoms with Gasteiger partial charge in [0.2, 0.25) is 5.12 Å². The Kier molecular flexibility index (Phi) is 6.47. The van der Waals surface area contributed by atoms with Crippen molar-refractivity contribution in [2.75, 3.05) is 13.1 Å². The molecule has 1 aromatic rings. The summed E-state index contributed by atoms with van der Waals surface area (Å²) in [6.45, 7) is 3.54. The fraction of sp³-hybridized carbons (Fsp3) is 0.357. The molecule has 4 heteroatoms. The summed E-state index contributed by atoms with van der Waals surface area (Å²) >= 11 is 1.34. The van der Waals surface area contributed by atoms with Gasteiger partial charge in [-0.25, -0.2) is 4.31 Å². The van der Waals surface area contributed by atoms with Crippen molar-refractivity contribution in [2.24, 2.45) is 0 Å². The molecule has 1 aliphatic rings. The minimum Gasteiger partial charge on any atom is -0.286 e. The normalized spacial score (nSPS) is 18.4. The molecule has 0 unspecified atom stereocenters. The lowest BCUT2D eigenvalue weighted by molar-refractivity contribution is -0.109. The third kappa shape index (κ3) is 4.84. The molecule has 0 aliphatic carbocycles. The van der Waals surface area contributed by atoms with E-state index in [2.05, 4.69) is 34.6 Å². The van der Waals surface area contributed by atoms with Gasteiger partial charge in [0.05, 0.1) is 0 Å². The van der Waals surface area contributed by atoms with Crippen LogP contribution in [0.1, 0.15) is 25.3 Å². The van der Waals surface area contributed by atoms with Crippen LogP contribution >= 0.6 is 24.4 Å². The van der Waals surface area contributed by atoms with Crippen LogP contribution in [0.5, 0.6) is 0 Å². The van der Waals surface area contributed by atoms with Gasteiger partial charge in [-0.15, -0.1) is 12.4 Å². The minimum absolute atomic E-state index is 0. The monoisotopic (exact) mass is 283 g/mol. The van der Waals surface area contributed by atoms with E-state index in [1.807, 2.05) is 6.07 Å². The molecule has 0 aromatic heterocycles. The molecule has 0 atom stereocenters. The second-order valence-corrected chi connectivity index (χ2v) is 5.54. The maximum atomic E-state index is 11.1. The van der Waals surface area contributed by atoms with Gasteiger partial charge in [-0.1, -0.05) is 42.0 Å². The zero-order valence-corrected chi connectivity index (χ0v) is 12.1. The number of hydrogen-bond donors (Lipinski definition) is 0. The Bertz CT molecular complexity index is 419. The molecule has 2 nitrogen and oxygen atoms in total. The first-order valence-corrected chi connectivity index (χ1v) is 6.69. The van der Waals surface area contributed by atoms with Gasteiger partial charge in [-0.05, 0) is 30.4 Å². The Hall–Kier alpha value is -0.770. The van der Waals surface area contributed by atoms with E-state index >= 15 is 0 Å². The van der Waals surface area contributed by atoms with Crippen LogP contribution in [0.4, 0.5) is 0 Å². The molecule has 0 N–H and O–H groups in total. The van der Waals surface area contributed by atoms with Crippen molar-refractivity contribution in [1.82, 2.24) is 4.31 Å². The molecule has 18 heavy (non-hydrogen) atoms. The van der Waals surface area contributed by atoms with Crippen LogP contribution in [0, 0.1) is 0 Å². The van der Waals surface area contributed by atoms with E-state index < -0.39 is 0 Å². The first kappa shape index (κ1) is 15.3. The zero-order valence-electron chi connectivity index (χ0n) is 10.5. The third-order valence-corrected chi connectivity index (χ3v) is 3.54. The number of carbonyl (C=O) groups is 1. The summed E-state index contributed by atoms with van der Waals surface area (Å²) in [4.78, 5) is 11.1. The summed E-state index contributed by atoms with van der Waals surface area (Å²) in [5.41, 5.74) is 2.66. The van der Waals surface area contributed by atoms with Crippen LogP contribution in [0.15, 0.2) is 35.9 Å². The number of rotatable bonds is 2. The molecular formula is C14H18ClNOS. The molecule has 0 radical (unpaired) electrons. The molecule has 0 saturated carbocycles. The van der Waals surface area contributed by atoms with Crippen LogP contribution in [0.2, 0.25) is 0 Å². The fourth-order valence-electron chi connectivity index (χ4n) is 2.03. The summed E-state index contributed by atoms with van der Waals surface area (Å²) in [5, 5.41) is 0.172. The zero-order chi connectivity index (χ0) is 12.1. The van der Waals surface area contributed by atoms with Crippen molar-refractivity contribution < 1.29 is 4.79 Å². The summed E-state index contributed by atoms with van der Waals surface area (Å²) in [5.74, 6) is 0. The highest BCUT2D eigenvalue weighted by atomic mass is 35.5. The number of piperidine rings is 1. The van der Waals surface area contributed by atoms with Crippen LogP contribution in [0.3, 0.4) is 0 Å². The smallest absolute Gasteiger partial charge is 0.200 e. The van der Waals surface area contributed by atoms with Gasteiger partial charge in [0.1, 0.15) is 0 Å². The average molecular weight is 284 g/mol. The number of hydrogen-bond acceptors (Lipinski definition) is 3. The van der Waals surface area contributed by atoms with Gasteiger partial charge in [0, 0.05) is 20.0 Å². The Morgan fingerprint density at radius 2 is 2.06 bits per heavy atom. The van der Waals surface area contributed by atoms with Gasteiger partial charge in [-0.3, -0.25) is 4.79 Å². The minimum atomic E-state index is 0. The topological polar surface area (TPSA) is 20.3 Å². The van der Waals surface area contributed by atoms with Crippen LogP contribution in [0.25, 0.3) is 6.08 Å². The molecule has 98 valence electrons. The lowest BCUT2D eigenvalue weighted by atomic mass is 10.0. The molecular weight excluding hydrogens is 266 g/mol. The van der Waals surface area contributed by atoms with Crippen molar-refractivity contribution in [2.45, 2.75) is 19.8 Å². The number of nitrogens with zero attached hydrogens (tertiary/aromatic N) is 1. The molecule has 2 rings (SSSR count). The number of halogens is 1. The first-order valence-electron chi connectivity index (χ1n) is 5.92. The van der Waals surface area contributed by atoms with E-state index in [1.54, 1.807) is 6.92 Å². The summed E-state index contributed by atoms with van der Waals surface area (Å²) < 4.78 is 2.15. The fourth-order valence-corrected chi connectivity index (χ4v) is 2.84. The molecule has 0 spiro atoms. The van der Waals surface area contributed by atoms with E-state index in [0.29, 0.717) is 0 Å². The Morgan fingerprint density at radius 1 is 1.33 bits per heavy atom. The highest BCUT2D eigenvalue weighted by Crippen LogP contribution is 2.23. The number of benzene rings is 1. The van der Waals surface area contributed by atoms with Gasteiger partial charge >= 0.3 is 0 Å². The maximum absolute atomic E-state index is 11.1. The molecule has 1 saturated heterocycles. The van der Waals surface area contributed by atoms with Crippen LogP contribution in [-0.4, -0.2) is 22.5 Å². The summed E-state index contributed by atoms with van der Waals surface area (Å²) in [6, 6.07) is 10.4. The second kappa shape index (κ2) is 7.62. The second-order valence-electron chi connectivity index (χ2n) is 4.26. The van der Waals surface area contributed by atoms with E-state index in [1.165, 1.54) is 23.1 Å². The molecule has 1 heterocycles. The maximum Gasteiger partial charge on any atom is 0.200 e. The van der Waals surface area contributed by atoms with Crippen molar-refractivity contribution in [1.29, 1.82) is 0 Å². The van der Waals surface area contributed by atoms with Crippen molar-refractivity contribution in [3.63, 3.8) is 0 Å². The third-order valence-electron chi connectivity index (χ3n) is 2.71. The van der Waals surface area contributed by atoms with Gasteiger partial charge in [0.15, 0.2) is 0 Å². The molecule has 1 fully saturated rings. The lowest BCUT2D eigenvalue weighted by Gasteiger charge is -2.26. The Balaban J connectivity index is 0.00000162. The van der Waals surface area contributed by atoms with Gasteiger partial charge in [-0.2, -0.15) is 0 Å². The van der Waals surface area contributed by atoms with E-state index in [0.717, 1.165) is 25.9 Å². The highest BCUT2D eigenvalue weighted by Gasteiger charge is 2.16. The van der Waals surface area contributed by atoms with Crippen molar-refractivity contribution in [3.05, 3.63) is 41.5 Å². The van der Waals surface area contributed by atoms with E-state index in [4.69, 9.17) is 0 Å². The van der Waals surface area contributed by atoms with Gasteiger partial charge in [0.25, 0.3) is 0 Å². The molecule has 1 aromatic carbocycles. The Morgan fingerprint density at radius 3 is 2.72 bits per heavy atom. The first-order chi connectivity index (χ1) is 8.24. The average Bonchev–Trinajstić information content (AvgIpc) is 2.30. The predicted octanol–water partition coefficient (Wildman–Crippen LogP) is 3.78. The molecule has 1 aliphatic heterocycles. The van der Waals surface area contributed by atoms with Crippen molar-refractivity contribution >= 4 is 35.5 Å². The van der Waals surface area contributed by atoms with Gasteiger partial charge < -0.3 is 0 Å². The Labute approximate surface area is 119 Å². The SMILES string of the molecule is CC(=O)SN1CCCC(=Cc2ccccc2)C1.Cl. The van der Waals surface area contributed by atoms with Crippen molar-refractivity contribution in [3.8, 4) is 0 Å². The quantitative estimate of drug-likeness (QED) is 0.771. The highest BCUT2D eigenvalue weighted by molar-refractivity contribution is 8.11. The van der Waals surface area contributed by atoms with E-state index in [9.17, 15) is 4.79 Å². The lowest BCUT2D eigenvalue weighted by Crippen LogP contribution is -2.26. The number of carbonyl (C=O) groups excluding carboxylic acids is 1. The molecule has 0 bridgehead atoms. The largest absolute Gasteiger partial charge is 0.286 e. The summed E-state index contributed by atoms with van der Waals surface area (Å²) in [7, 11) is 0. The van der Waals surface area contributed by atoms with Crippen LogP contribution in [-0.2, 0) is 4.79 Å². The van der Waals surface area contributed by atoms with E-state index in [-0.39, 0.29) is 17.5 Å². The van der Waals surface area contributed by atoms with Crippen LogP contribution < -0.4 is 0 Å². The summed E-state index contributed by atoms with van der Waals surface area (Å²) in [6.07, 6.45) is 4.52. The predicted molar refractivity (Wildman–Crippen MR) is 80.7 cm³/mol.